The summed E-state index contributed by atoms with van der Waals surface area (Å²) in [5.41, 5.74) is 0.970. The van der Waals surface area contributed by atoms with E-state index in [4.69, 9.17) is 4.74 Å². The highest BCUT2D eigenvalue weighted by molar-refractivity contribution is 5.68. The van der Waals surface area contributed by atoms with Gasteiger partial charge in [-0.15, -0.1) is 0 Å². The standard InChI is InChI=1S/C18H27NO2/c1-14-12-16(13-15-8-6-5-7-9-15)10-11-19(14)17(20)21-18(2,3)4/h5-9,14,16H,10-13H2,1-4H3/t14-,16+/m1/s1. The molecule has 0 N–H and O–H groups in total. The summed E-state index contributed by atoms with van der Waals surface area (Å²) < 4.78 is 5.49. The molecule has 1 saturated heterocycles. The highest BCUT2D eigenvalue weighted by atomic mass is 16.6. The molecule has 1 amide bonds. The second-order valence-corrected chi connectivity index (χ2v) is 7.10. The van der Waals surface area contributed by atoms with Gasteiger partial charge in [0.25, 0.3) is 0 Å². The number of rotatable bonds is 2. The monoisotopic (exact) mass is 289 g/mol. The van der Waals surface area contributed by atoms with E-state index >= 15 is 0 Å². The van der Waals surface area contributed by atoms with Crippen molar-refractivity contribution in [1.29, 1.82) is 0 Å². The third kappa shape index (κ3) is 4.76. The van der Waals surface area contributed by atoms with Crippen molar-refractivity contribution in [2.24, 2.45) is 5.92 Å². The summed E-state index contributed by atoms with van der Waals surface area (Å²) in [5, 5.41) is 0. The maximum absolute atomic E-state index is 12.2. The van der Waals surface area contributed by atoms with Crippen LogP contribution in [-0.2, 0) is 11.2 Å². The van der Waals surface area contributed by atoms with E-state index in [0.29, 0.717) is 5.92 Å². The van der Waals surface area contributed by atoms with Gasteiger partial charge in [-0.3, -0.25) is 0 Å². The lowest BCUT2D eigenvalue weighted by Crippen LogP contribution is -2.47. The van der Waals surface area contributed by atoms with Gasteiger partial charge in [0, 0.05) is 12.6 Å². The zero-order chi connectivity index (χ0) is 15.5. The van der Waals surface area contributed by atoms with Gasteiger partial charge in [0.15, 0.2) is 0 Å². The normalized spacial score (nSPS) is 23.0. The number of benzene rings is 1. The van der Waals surface area contributed by atoms with E-state index in [0.717, 1.165) is 25.8 Å². The number of hydrogen-bond acceptors (Lipinski definition) is 2. The second kappa shape index (κ2) is 6.50. The van der Waals surface area contributed by atoms with E-state index in [1.54, 1.807) is 0 Å². The molecule has 3 nitrogen and oxygen atoms in total. The van der Waals surface area contributed by atoms with Crippen molar-refractivity contribution in [2.45, 2.75) is 58.6 Å². The van der Waals surface area contributed by atoms with Crippen LogP contribution in [-0.4, -0.2) is 29.2 Å². The first-order valence-corrected chi connectivity index (χ1v) is 7.88. The number of ether oxygens (including phenoxy) is 1. The lowest BCUT2D eigenvalue weighted by Gasteiger charge is -2.38. The molecule has 0 spiro atoms. The third-order valence-corrected chi connectivity index (χ3v) is 3.98. The molecule has 2 rings (SSSR count). The SMILES string of the molecule is C[C@@H]1C[C@@H](Cc2ccccc2)CCN1C(=O)OC(C)(C)C. The fraction of sp³-hybridized carbons (Fsp3) is 0.611. The van der Waals surface area contributed by atoms with Crippen LogP contribution in [0.2, 0.25) is 0 Å². The Bertz CT molecular complexity index is 464. The quantitative estimate of drug-likeness (QED) is 0.814. The molecule has 1 aromatic carbocycles. The lowest BCUT2D eigenvalue weighted by molar-refractivity contribution is 0.00719. The molecule has 0 aliphatic carbocycles. The number of likely N-dealkylation sites (tertiary alicyclic amines) is 1. The highest BCUT2D eigenvalue weighted by Gasteiger charge is 2.31. The Hall–Kier alpha value is -1.51. The molecule has 21 heavy (non-hydrogen) atoms. The van der Waals surface area contributed by atoms with Crippen molar-refractivity contribution in [3.05, 3.63) is 35.9 Å². The summed E-state index contributed by atoms with van der Waals surface area (Å²) in [6.07, 6.45) is 3.04. The van der Waals surface area contributed by atoms with E-state index in [9.17, 15) is 4.79 Å². The molecule has 1 fully saturated rings. The molecule has 1 aliphatic heterocycles. The largest absolute Gasteiger partial charge is 0.444 e. The van der Waals surface area contributed by atoms with Gasteiger partial charge in [-0.05, 0) is 58.4 Å². The maximum atomic E-state index is 12.2. The first-order valence-electron chi connectivity index (χ1n) is 7.88. The minimum absolute atomic E-state index is 0.173. The summed E-state index contributed by atoms with van der Waals surface area (Å²) in [7, 11) is 0. The van der Waals surface area contributed by atoms with Crippen molar-refractivity contribution in [1.82, 2.24) is 4.90 Å². The number of hydrogen-bond donors (Lipinski definition) is 0. The molecule has 3 heteroatoms. The molecular formula is C18H27NO2. The minimum atomic E-state index is -0.419. The molecule has 0 saturated carbocycles. The summed E-state index contributed by atoms with van der Waals surface area (Å²) in [6, 6.07) is 10.9. The van der Waals surface area contributed by atoms with E-state index < -0.39 is 5.60 Å². The predicted octanol–water partition coefficient (Wildman–Crippen LogP) is 4.26. The minimum Gasteiger partial charge on any atom is -0.444 e. The molecule has 0 bridgehead atoms. The van der Waals surface area contributed by atoms with Gasteiger partial charge in [-0.1, -0.05) is 30.3 Å². The topological polar surface area (TPSA) is 29.5 Å². The Labute approximate surface area is 128 Å². The van der Waals surface area contributed by atoms with Crippen LogP contribution in [0.3, 0.4) is 0 Å². The van der Waals surface area contributed by atoms with Crippen LogP contribution in [0.4, 0.5) is 4.79 Å². The van der Waals surface area contributed by atoms with Crippen LogP contribution in [0.5, 0.6) is 0 Å². The average Bonchev–Trinajstić information content (AvgIpc) is 2.37. The van der Waals surface area contributed by atoms with Gasteiger partial charge in [0.1, 0.15) is 5.60 Å². The molecule has 0 aromatic heterocycles. The van der Waals surface area contributed by atoms with E-state index in [1.807, 2.05) is 25.7 Å². The maximum Gasteiger partial charge on any atom is 0.410 e. The van der Waals surface area contributed by atoms with E-state index in [1.165, 1.54) is 5.56 Å². The smallest absolute Gasteiger partial charge is 0.410 e. The molecule has 116 valence electrons. The Morgan fingerprint density at radius 2 is 1.95 bits per heavy atom. The van der Waals surface area contributed by atoms with E-state index in [-0.39, 0.29) is 12.1 Å². The van der Waals surface area contributed by atoms with Gasteiger partial charge in [0.05, 0.1) is 0 Å². The second-order valence-electron chi connectivity index (χ2n) is 7.10. The summed E-state index contributed by atoms with van der Waals surface area (Å²) in [6.45, 7) is 8.67. The van der Waals surface area contributed by atoms with Gasteiger partial charge in [-0.25, -0.2) is 4.79 Å². The lowest BCUT2D eigenvalue weighted by atomic mass is 9.87. The van der Waals surface area contributed by atoms with Gasteiger partial charge < -0.3 is 9.64 Å². The van der Waals surface area contributed by atoms with Gasteiger partial charge in [-0.2, -0.15) is 0 Å². The molecule has 1 heterocycles. The Balaban J connectivity index is 1.89. The van der Waals surface area contributed by atoms with Crippen LogP contribution in [0, 0.1) is 5.92 Å². The predicted molar refractivity (Wildman–Crippen MR) is 85.3 cm³/mol. The molecule has 0 unspecified atom stereocenters. The molecular weight excluding hydrogens is 262 g/mol. The van der Waals surface area contributed by atoms with Crippen molar-refractivity contribution in [3.63, 3.8) is 0 Å². The van der Waals surface area contributed by atoms with Crippen molar-refractivity contribution in [2.75, 3.05) is 6.54 Å². The average molecular weight is 289 g/mol. The van der Waals surface area contributed by atoms with Crippen LogP contribution >= 0.6 is 0 Å². The number of carbonyl (C=O) groups excluding carboxylic acids is 1. The first kappa shape index (κ1) is 15.9. The fourth-order valence-corrected chi connectivity index (χ4v) is 2.99. The van der Waals surface area contributed by atoms with Crippen molar-refractivity contribution >= 4 is 6.09 Å². The number of nitrogens with zero attached hydrogens (tertiary/aromatic N) is 1. The number of piperidine rings is 1. The zero-order valence-corrected chi connectivity index (χ0v) is 13.6. The summed E-state index contributed by atoms with van der Waals surface area (Å²) in [5.74, 6) is 0.654. The fourth-order valence-electron chi connectivity index (χ4n) is 2.99. The Kier molecular flexibility index (Phi) is 4.92. The van der Waals surface area contributed by atoms with Crippen molar-refractivity contribution < 1.29 is 9.53 Å². The Morgan fingerprint density at radius 3 is 2.52 bits per heavy atom. The summed E-state index contributed by atoms with van der Waals surface area (Å²) >= 11 is 0. The molecule has 0 radical (unpaired) electrons. The first-order chi connectivity index (χ1) is 9.85. The Morgan fingerprint density at radius 1 is 1.29 bits per heavy atom. The number of amides is 1. The zero-order valence-electron chi connectivity index (χ0n) is 13.6. The third-order valence-electron chi connectivity index (χ3n) is 3.98. The highest BCUT2D eigenvalue weighted by Crippen LogP contribution is 2.27. The number of carbonyl (C=O) groups is 1. The molecule has 1 aliphatic rings. The van der Waals surface area contributed by atoms with Crippen LogP contribution in [0.15, 0.2) is 30.3 Å². The van der Waals surface area contributed by atoms with Crippen molar-refractivity contribution in [3.8, 4) is 0 Å². The van der Waals surface area contributed by atoms with E-state index in [2.05, 4.69) is 37.3 Å². The summed E-state index contributed by atoms with van der Waals surface area (Å²) in [4.78, 5) is 14.1. The van der Waals surface area contributed by atoms with Crippen LogP contribution in [0.1, 0.15) is 46.1 Å². The van der Waals surface area contributed by atoms with Crippen LogP contribution in [0.25, 0.3) is 0 Å². The van der Waals surface area contributed by atoms with Gasteiger partial charge >= 0.3 is 6.09 Å². The van der Waals surface area contributed by atoms with Crippen LogP contribution < -0.4 is 0 Å². The molecule has 2 atom stereocenters. The molecule has 1 aromatic rings. The van der Waals surface area contributed by atoms with Gasteiger partial charge in [0.2, 0.25) is 0 Å².